The third-order valence-corrected chi connectivity index (χ3v) is 3.85. The molecule has 0 saturated carbocycles. The van der Waals surface area contributed by atoms with Crippen molar-refractivity contribution < 1.29 is 19.1 Å². The van der Waals surface area contributed by atoms with Crippen molar-refractivity contribution >= 4 is 11.9 Å². The van der Waals surface area contributed by atoms with Crippen molar-refractivity contribution in [3.63, 3.8) is 0 Å². The molecule has 0 N–H and O–H groups in total. The summed E-state index contributed by atoms with van der Waals surface area (Å²) in [5.74, 6) is -0.521. The number of benzene rings is 1. The second-order valence-electron chi connectivity index (χ2n) is 5.72. The zero-order valence-corrected chi connectivity index (χ0v) is 13.2. The lowest BCUT2D eigenvalue weighted by Gasteiger charge is -2.37. The Labute approximate surface area is 131 Å². The molecule has 0 bridgehead atoms. The van der Waals surface area contributed by atoms with Crippen LogP contribution in [0, 0.1) is 5.92 Å². The molecule has 1 fully saturated rings. The van der Waals surface area contributed by atoms with Gasteiger partial charge < -0.3 is 9.47 Å². The standard InChI is InChI=1S/C17H23NO4/c1-13(19)21-12-16-8-9-18(11-17(16)22-14(2)20)10-15-6-4-3-5-7-15/h3-7,16-17H,8-12H2,1-2H3/t16-,17+/m1/s1. The number of ether oxygens (including phenoxy) is 2. The summed E-state index contributed by atoms with van der Waals surface area (Å²) in [6.45, 7) is 5.52. The highest BCUT2D eigenvalue weighted by Crippen LogP contribution is 2.23. The van der Waals surface area contributed by atoms with Gasteiger partial charge in [-0.05, 0) is 18.5 Å². The van der Waals surface area contributed by atoms with Gasteiger partial charge in [-0.1, -0.05) is 30.3 Å². The van der Waals surface area contributed by atoms with Crippen LogP contribution in [0.3, 0.4) is 0 Å². The van der Waals surface area contributed by atoms with E-state index in [-0.39, 0.29) is 24.0 Å². The van der Waals surface area contributed by atoms with Crippen LogP contribution in [0.4, 0.5) is 0 Å². The Balaban J connectivity index is 1.95. The fourth-order valence-corrected chi connectivity index (χ4v) is 2.78. The highest BCUT2D eigenvalue weighted by Gasteiger charge is 2.32. The molecule has 0 spiro atoms. The van der Waals surface area contributed by atoms with E-state index in [1.165, 1.54) is 19.4 Å². The van der Waals surface area contributed by atoms with Gasteiger partial charge in [-0.3, -0.25) is 14.5 Å². The van der Waals surface area contributed by atoms with E-state index >= 15 is 0 Å². The minimum Gasteiger partial charge on any atom is -0.465 e. The van der Waals surface area contributed by atoms with Crippen molar-refractivity contribution in [3.8, 4) is 0 Å². The van der Waals surface area contributed by atoms with Gasteiger partial charge in [-0.15, -0.1) is 0 Å². The fraction of sp³-hybridized carbons (Fsp3) is 0.529. The Morgan fingerprint density at radius 1 is 1.18 bits per heavy atom. The number of esters is 2. The minimum absolute atomic E-state index is 0.0693. The van der Waals surface area contributed by atoms with E-state index < -0.39 is 0 Å². The van der Waals surface area contributed by atoms with E-state index in [2.05, 4.69) is 17.0 Å². The fourth-order valence-electron chi connectivity index (χ4n) is 2.78. The molecule has 1 aromatic rings. The topological polar surface area (TPSA) is 55.8 Å². The van der Waals surface area contributed by atoms with Crippen LogP contribution in [-0.2, 0) is 25.6 Å². The maximum absolute atomic E-state index is 11.3. The number of piperidine rings is 1. The predicted molar refractivity (Wildman–Crippen MR) is 82.0 cm³/mol. The third kappa shape index (κ3) is 5.15. The summed E-state index contributed by atoms with van der Waals surface area (Å²) in [6, 6.07) is 10.2. The van der Waals surface area contributed by atoms with Crippen LogP contribution in [0.5, 0.6) is 0 Å². The van der Waals surface area contributed by atoms with Gasteiger partial charge in [0.1, 0.15) is 6.10 Å². The molecule has 1 heterocycles. The van der Waals surface area contributed by atoms with Gasteiger partial charge in [0.2, 0.25) is 0 Å². The number of hydrogen-bond donors (Lipinski definition) is 0. The van der Waals surface area contributed by atoms with Crippen LogP contribution < -0.4 is 0 Å². The molecule has 2 atom stereocenters. The molecule has 5 heteroatoms. The van der Waals surface area contributed by atoms with Gasteiger partial charge in [0.05, 0.1) is 6.61 Å². The largest absolute Gasteiger partial charge is 0.465 e. The molecular weight excluding hydrogens is 282 g/mol. The van der Waals surface area contributed by atoms with Crippen LogP contribution in [0.2, 0.25) is 0 Å². The third-order valence-electron chi connectivity index (χ3n) is 3.85. The van der Waals surface area contributed by atoms with Crippen LogP contribution in [0.15, 0.2) is 30.3 Å². The average molecular weight is 305 g/mol. The first-order chi connectivity index (χ1) is 10.5. The van der Waals surface area contributed by atoms with Gasteiger partial charge in [0.25, 0.3) is 0 Å². The minimum atomic E-state index is -0.298. The summed E-state index contributed by atoms with van der Waals surface area (Å²) in [4.78, 5) is 24.6. The second-order valence-corrected chi connectivity index (χ2v) is 5.72. The molecule has 0 unspecified atom stereocenters. The van der Waals surface area contributed by atoms with Gasteiger partial charge >= 0.3 is 11.9 Å². The summed E-state index contributed by atoms with van der Waals surface area (Å²) in [5.41, 5.74) is 1.24. The second kappa shape index (κ2) is 7.94. The molecule has 0 aliphatic carbocycles. The molecule has 120 valence electrons. The number of likely N-dealkylation sites (tertiary alicyclic amines) is 1. The molecule has 0 aromatic heterocycles. The molecular formula is C17H23NO4. The Kier molecular flexibility index (Phi) is 5.95. The van der Waals surface area contributed by atoms with Gasteiger partial charge in [0, 0.05) is 32.9 Å². The molecule has 1 aliphatic rings. The molecule has 22 heavy (non-hydrogen) atoms. The van der Waals surface area contributed by atoms with Gasteiger partial charge in [-0.2, -0.15) is 0 Å². The maximum atomic E-state index is 11.3. The maximum Gasteiger partial charge on any atom is 0.302 e. The highest BCUT2D eigenvalue weighted by atomic mass is 16.6. The number of hydrogen-bond acceptors (Lipinski definition) is 5. The summed E-state index contributed by atoms with van der Waals surface area (Å²) >= 11 is 0. The summed E-state index contributed by atoms with van der Waals surface area (Å²) in [7, 11) is 0. The average Bonchev–Trinajstić information content (AvgIpc) is 2.47. The summed E-state index contributed by atoms with van der Waals surface area (Å²) < 4.78 is 10.5. The predicted octanol–water partition coefficient (Wildman–Crippen LogP) is 2.00. The Morgan fingerprint density at radius 2 is 1.91 bits per heavy atom. The van der Waals surface area contributed by atoms with E-state index in [1.807, 2.05) is 18.2 Å². The van der Waals surface area contributed by atoms with Crippen molar-refractivity contribution in [1.29, 1.82) is 0 Å². The monoisotopic (exact) mass is 305 g/mol. The molecule has 0 amide bonds. The smallest absolute Gasteiger partial charge is 0.302 e. The zero-order chi connectivity index (χ0) is 15.9. The first-order valence-electron chi connectivity index (χ1n) is 7.61. The lowest BCUT2D eigenvalue weighted by atomic mass is 9.94. The SMILES string of the molecule is CC(=O)OC[C@H]1CCN(Cc2ccccc2)C[C@@H]1OC(C)=O. The number of nitrogens with zero attached hydrogens (tertiary/aromatic N) is 1. The van der Waals surface area contributed by atoms with Crippen molar-refractivity contribution in [2.45, 2.75) is 32.9 Å². The Hall–Kier alpha value is -1.88. The van der Waals surface area contributed by atoms with Gasteiger partial charge in [0.15, 0.2) is 0 Å². The molecule has 1 saturated heterocycles. The number of rotatable bonds is 5. The van der Waals surface area contributed by atoms with Crippen LogP contribution in [0.25, 0.3) is 0 Å². The van der Waals surface area contributed by atoms with E-state index in [0.29, 0.717) is 13.2 Å². The quantitative estimate of drug-likeness (QED) is 0.779. The zero-order valence-electron chi connectivity index (χ0n) is 13.2. The Bertz CT molecular complexity index is 503. The lowest BCUT2D eigenvalue weighted by Crippen LogP contribution is -2.47. The van der Waals surface area contributed by atoms with E-state index in [1.54, 1.807) is 0 Å². The molecule has 0 radical (unpaired) electrons. The Morgan fingerprint density at radius 3 is 2.55 bits per heavy atom. The van der Waals surface area contributed by atoms with E-state index in [0.717, 1.165) is 19.5 Å². The number of carbonyl (C=O) groups excluding carboxylic acids is 2. The highest BCUT2D eigenvalue weighted by molar-refractivity contribution is 5.66. The molecule has 1 aliphatic heterocycles. The first kappa shape index (κ1) is 16.5. The molecule has 5 nitrogen and oxygen atoms in total. The summed E-state index contributed by atoms with van der Waals surface area (Å²) in [6.07, 6.45) is 0.618. The molecule has 2 rings (SSSR count). The van der Waals surface area contributed by atoms with E-state index in [9.17, 15) is 9.59 Å². The normalized spacial score (nSPS) is 22.1. The van der Waals surface area contributed by atoms with Crippen molar-refractivity contribution in [2.24, 2.45) is 5.92 Å². The van der Waals surface area contributed by atoms with Crippen LogP contribution in [0.1, 0.15) is 25.8 Å². The van der Waals surface area contributed by atoms with Crippen molar-refractivity contribution in [2.75, 3.05) is 19.7 Å². The van der Waals surface area contributed by atoms with E-state index in [4.69, 9.17) is 9.47 Å². The first-order valence-corrected chi connectivity index (χ1v) is 7.61. The number of carbonyl (C=O) groups is 2. The van der Waals surface area contributed by atoms with Gasteiger partial charge in [-0.25, -0.2) is 0 Å². The summed E-state index contributed by atoms with van der Waals surface area (Å²) in [5, 5.41) is 0. The van der Waals surface area contributed by atoms with Crippen molar-refractivity contribution in [3.05, 3.63) is 35.9 Å². The molecule has 1 aromatic carbocycles. The van der Waals surface area contributed by atoms with Crippen molar-refractivity contribution in [1.82, 2.24) is 4.90 Å². The van der Waals surface area contributed by atoms with Crippen LogP contribution >= 0.6 is 0 Å². The lowest BCUT2D eigenvalue weighted by molar-refractivity contribution is -0.157. The van der Waals surface area contributed by atoms with Crippen LogP contribution in [-0.4, -0.2) is 42.6 Å².